The quantitative estimate of drug-likeness (QED) is 0.102. The molecule has 0 fully saturated rings. The van der Waals surface area contributed by atoms with Crippen LogP contribution in [0.2, 0.25) is 0 Å². The van der Waals surface area contributed by atoms with Gasteiger partial charge in [-0.05, 0) is 164 Å². The fraction of sp³-hybridized carbons (Fsp3) is 0.0526. The standard InChI is InChI=1S/C57H48N4O3/c1-62-55-34-28-46(29-35-55)58(43-16-7-4-8-17-43)49-22-13-25-52(40-49)61(53-26-14-23-50(41-53)59(44-18-9-5-10-19-44)47-30-36-56(63-2)37-31-47)54-27-15-24-51(42-54)60(45-20-11-6-12-21-45)48-32-38-57(64-3)39-33-48/h4-42H,1-3H3. The molecule has 0 unspecified atom stereocenters. The van der Waals surface area contributed by atoms with E-state index in [9.17, 15) is 0 Å². The molecule has 9 aromatic rings. The number of nitrogens with zero attached hydrogens (tertiary/aromatic N) is 4. The Kier molecular flexibility index (Phi) is 12.2. The van der Waals surface area contributed by atoms with Gasteiger partial charge >= 0.3 is 0 Å². The second-order valence-electron chi connectivity index (χ2n) is 15.0. The van der Waals surface area contributed by atoms with E-state index < -0.39 is 0 Å². The molecule has 314 valence electrons. The van der Waals surface area contributed by atoms with E-state index in [-0.39, 0.29) is 0 Å². The lowest BCUT2D eigenvalue weighted by Crippen LogP contribution is -2.15. The van der Waals surface area contributed by atoms with Crippen molar-refractivity contribution in [1.82, 2.24) is 0 Å². The van der Waals surface area contributed by atoms with Crippen molar-refractivity contribution in [2.45, 2.75) is 0 Å². The highest BCUT2D eigenvalue weighted by atomic mass is 16.5. The van der Waals surface area contributed by atoms with Crippen LogP contribution in [0.3, 0.4) is 0 Å². The van der Waals surface area contributed by atoms with Crippen LogP contribution < -0.4 is 33.8 Å². The van der Waals surface area contributed by atoms with Gasteiger partial charge in [0.2, 0.25) is 0 Å². The summed E-state index contributed by atoms with van der Waals surface area (Å²) < 4.78 is 16.7. The number of ether oxygens (including phenoxy) is 3. The van der Waals surface area contributed by atoms with E-state index in [4.69, 9.17) is 14.2 Å². The predicted octanol–water partition coefficient (Wildman–Crippen LogP) is 15.6. The highest BCUT2D eigenvalue weighted by Crippen LogP contribution is 2.45. The van der Waals surface area contributed by atoms with Crippen LogP contribution in [0.4, 0.5) is 68.2 Å². The summed E-state index contributed by atoms with van der Waals surface area (Å²) >= 11 is 0. The minimum atomic E-state index is 0.801. The van der Waals surface area contributed by atoms with Crippen molar-refractivity contribution in [1.29, 1.82) is 0 Å². The van der Waals surface area contributed by atoms with Gasteiger partial charge in [0, 0.05) is 68.2 Å². The summed E-state index contributed by atoms with van der Waals surface area (Å²) in [7, 11) is 5.08. The van der Waals surface area contributed by atoms with Gasteiger partial charge in [-0.2, -0.15) is 0 Å². The Morgan fingerprint density at radius 3 is 0.609 bits per heavy atom. The van der Waals surface area contributed by atoms with Crippen LogP contribution in [0.15, 0.2) is 237 Å². The third kappa shape index (κ3) is 8.82. The highest BCUT2D eigenvalue weighted by molar-refractivity contribution is 5.88. The molecular formula is C57H48N4O3. The van der Waals surface area contributed by atoms with Gasteiger partial charge in [0.15, 0.2) is 0 Å². The van der Waals surface area contributed by atoms with Crippen LogP contribution in [0.5, 0.6) is 17.2 Å². The Bertz CT molecular complexity index is 2570. The minimum Gasteiger partial charge on any atom is -0.497 e. The molecule has 0 saturated carbocycles. The Labute approximate surface area is 375 Å². The Hall–Kier alpha value is -8.42. The van der Waals surface area contributed by atoms with Gasteiger partial charge in [-0.25, -0.2) is 0 Å². The summed E-state index contributed by atoms with van der Waals surface area (Å²) in [6.07, 6.45) is 0. The van der Waals surface area contributed by atoms with Gasteiger partial charge in [0.1, 0.15) is 17.2 Å². The van der Waals surface area contributed by atoms with Crippen molar-refractivity contribution in [3.8, 4) is 17.2 Å². The number of benzene rings is 9. The van der Waals surface area contributed by atoms with Gasteiger partial charge in [0.05, 0.1) is 21.3 Å². The summed E-state index contributed by atoms with van der Waals surface area (Å²) in [5.41, 5.74) is 12.1. The minimum absolute atomic E-state index is 0.801. The molecule has 0 aliphatic heterocycles. The molecule has 0 bridgehead atoms. The van der Waals surface area contributed by atoms with Crippen LogP contribution >= 0.6 is 0 Å². The summed E-state index contributed by atoms with van der Waals surface area (Å²) in [6, 6.07) is 82.1. The van der Waals surface area contributed by atoms with Crippen LogP contribution in [0, 0.1) is 0 Å². The molecule has 0 aliphatic carbocycles. The number of methoxy groups -OCH3 is 3. The first-order chi connectivity index (χ1) is 31.6. The van der Waals surface area contributed by atoms with E-state index in [1.54, 1.807) is 21.3 Å². The maximum Gasteiger partial charge on any atom is 0.119 e. The molecule has 7 nitrogen and oxygen atoms in total. The second-order valence-corrected chi connectivity index (χ2v) is 15.0. The molecule has 0 radical (unpaired) electrons. The molecule has 0 aliphatic rings. The van der Waals surface area contributed by atoms with Gasteiger partial charge in [-0.3, -0.25) is 0 Å². The SMILES string of the molecule is COc1ccc(N(c2ccccc2)c2cccc(N(c3cccc(N(c4ccccc4)c4ccc(OC)cc4)c3)c3cccc(N(c4ccccc4)c4ccc(OC)cc4)c3)c2)cc1. The lowest BCUT2D eigenvalue weighted by Gasteiger charge is -2.32. The van der Waals surface area contributed by atoms with Gasteiger partial charge < -0.3 is 33.8 Å². The Morgan fingerprint density at radius 1 is 0.203 bits per heavy atom. The first-order valence-electron chi connectivity index (χ1n) is 21.2. The third-order valence-electron chi connectivity index (χ3n) is 11.1. The largest absolute Gasteiger partial charge is 0.497 e. The van der Waals surface area contributed by atoms with E-state index in [1.807, 2.05) is 54.6 Å². The average molecular weight is 837 g/mol. The third-order valence-corrected chi connectivity index (χ3v) is 11.1. The first kappa shape index (κ1) is 41.0. The Morgan fingerprint density at radius 2 is 0.391 bits per heavy atom. The molecule has 0 atom stereocenters. The van der Waals surface area contributed by atoms with E-state index in [1.165, 1.54) is 0 Å². The predicted molar refractivity (Wildman–Crippen MR) is 265 cm³/mol. The molecule has 0 spiro atoms. The molecule has 0 amide bonds. The lowest BCUT2D eigenvalue weighted by atomic mass is 10.1. The lowest BCUT2D eigenvalue weighted by molar-refractivity contribution is 0.414. The zero-order valence-electron chi connectivity index (χ0n) is 36.0. The normalized spacial score (nSPS) is 10.7. The van der Waals surface area contributed by atoms with Crippen molar-refractivity contribution < 1.29 is 14.2 Å². The fourth-order valence-corrected chi connectivity index (χ4v) is 8.03. The van der Waals surface area contributed by atoms with Crippen LogP contribution in [-0.4, -0.2) is 21.3 Å². The van der Waals surface area contributed by atoms with Crippen molar-refractivity contribution in [3.05, 3.63) is 237 Å². The molecule has 9 aromatic carbocycles. The highest BCUT2D eigenvalue weighted by Gasteiger charge is 2.21. The number of hydrogen-bond acceptors (Lipinski definition) is 7. The van der Waals surface area contributed by atoms with Gasteiger partial charge in [0.25, 0.3) is 0 Å². The maximum absolute atomic E-state index is 5.55. The van der Waals surface area contributed by atoms with Crippen molar-refractivity contribution in [2.24, 2.45) is 0 Å². The second kappa shape index (κ2) is 19.1. The molecule has 0 aromatic heterocycles. The summed E-state index contributed by atoms with van der Waals surface area (Å²) in [6.45, 7) is 0. The number of para-hydroxylation sites is 3. The molecule has 64 heavy (non-hydrogen) atoms. The zero-order valence-corrected chi connectivity index (χ0v) is 36.0. The Balaban J connectivity index is 1.23. The summed E-state index contributed by atoms with van der Waals surface area (Å²) in [5, 5.41) is 0. The van der Waals surface area contributed by atoms with Crippen LogP contribution in [0.1, 0.15) is 0 Å². The number of anilines is 12. The molecule has 0 heterocycles. The van der Waals surface area contributed by atoms with Crippen molar-refractivity contribution in [2.75, 3.05) is 40.9 Å². The average Bonchev–Trinajstić information content (AvgIpc) is 3.36. The van der Waals surface area contributed by atoms with Crippen LogP contribution in [-0.2, 0) is 0 Å². The van der Waals surface area contributed by atoms with E-state index >= 15 is 0 Å². The van der Waals surface area contributed by atoms with E-state index in [0.29, 0.717) is 0 Å². The smallest absolute Gasteiger partial charge is 0.119 e. The zero-order chi connectivity index (χ0) is 43.7. The monoisotopic (exact) mass is 836 g/mol. The van der Waals surface area contributed by atoms with Crippen LogP contribution in [0.25, 0.3) is 0 Å². The topological polar surface area (TPSA) is 40.7 Å². The molecule has 9 rings (SSSR count). The first-order valence-corrected chi connectivity index (χ1v) is 21.2. The van der Waals surface area contributed by atoms with Gasteiger partial charge in [-0.15, -0.1) is 0 Å². The molecular weight excluding hydrogens is 789 g/mol. The van der Waals surface area contributed by atoms with Crippen molar-refractivity contribution >= 4 is 68.2 Å². The maximum atomic E-state index is 5.55. The number of rotatable bonds is 15. The molecule has 0 N–H and O–H groups in total. The van der Waals surface area contributed by atoms with Gasteiger partial charge in [-0.1, -0.05) is 72.8 Å². The van der Waals surface area contributed by atoms with E-state index in [0.717, 1.165) is 85.5 Å². The van der Waals surface area contributed by atoms with Crippen molar-refractivity contribution in [3.63, 3.8) is 0 Å². The molecule has 7 heteroatoms. The summed E-state index contributed by atoms with van der Waals surface area (Å²) in [5.74, 6) is 2.40. The molecule has 0 saturated heterocycles. The fourth-order valence-electron chi connectivity index (χ4n) is 8.03. The number of hydrogen-bond donors (Lipinski definition) is 0. The summed E-state index contributed by atoms with van der Waals surface area (Å²) in [4.78, 5) is 9.16. The van der Waals surface area contributed by atoms with E-state index in [2.05, 4.69) is 202 Å².